The van der Waals surface area contributed by atoms with Gasteiger partial charge in [-0.3, -0.25) is 9.62 Å². The molecule has 0 aliphatic carbocycles. The molecule has 3 aromatic heterocycles. The molecule has 3 N–H and O–H groups in total. The zero-order chi connectivity index (χ0) is 28.2. The summed E-state index contributed by atoms with van der Waals surface area (Å²) in [4.78, 5) is 22.8. The third-order valence-electron chi connectivity index (χ3n) is 5.93. The Morgan fingerprint density at radius 1 is 1.13 bits per heavy atom. The lowest BCUT2D eigenvalue weighted by atomic mass is 10.0. The molecule has 0 bridgehead atoms. The van der Waals surface area contributed by atoms with Crippen molar-refractivity contribution in [3.8, 4) is 11.3 Å². The summed E-state index contributed by atoms with van der Waals surface area (Å²) in [6, 6.07) is 5.68. The average molecular weight is 594 g/mol. The number of rotatable bonds is 10. The van der Waals surface area contributed by atoms with Crippen LogP contribution in [0, 0.1) is 6.92 Å². The summed E-state index contributed by atoms with van der Waals surface area (Å²) in [5, 5.41) is 5.41. The summed E-state index contributed by atoms with van der Waals surface area (Å²) in [7, 11) is -0.789. The molecule has 210 valence electrons. The predicted molar refractivity (Wildman–Crippen MR) is 154 cm³/mol. The molecule has 1 aliphatic heterocycles. The highest BCUT2D eigenvalue weighted by Gasteiger charge is 2.22. The number of halogens is 1. The van der Waals surface area contributed by atoms with Gasteiger partial charge in [0.15, 0.2) is 5.15 Å². The van der Waals surface area contributed by atoms with Crippen molar-refractivity contribution < 1.29 is 13.2 Å². The Kier molecular flexibility index (Phi) is 9.59. The number of pyridine rings is 2. The van der Waals surface area contributed by atoms with Crippen molar-refractivity contribution in [3.05, 3.63) is 47.1 Å². The Morgan fingerprint density at radius 2 is 1.87 bits per heavy atom. The molecule has 39 heavy (non-hydrogen) atoms. The maximum atomic E-state index is 12.4. The van der Waals surface area contributed by atoms with Crippen LogP contribution in [-0.4, -0.2) is 84.9 Å². The molecule has 1 fully saturated rings. The summed E-state index contributed by atoms with van der Waals surface area (Å²) in [6.07, 6.45) is 5.31. The molecule has 0 aromatic carbocycles. The van der Waals surface area contributed by atoms with Gasteiger partial charge in [-0.1, -0.05) is 11.6 Å². The quantitative estimate of drug-likeness (QED) is 0.138. The van der Waals surface area contributed by atoms with Gasteiger partial charge in [0.05, 0.1) is 36.5 Å². The number of hydrogen-bond donors (Lipinski definition) is 3. The molecule has 12 nitrogen and oxygen atoms in total. The number of morpholine rings is 1. The fourth-order valence-corrected chi connectivity index (χ4v) is 5.73. The Morgan fingerprint density at radius 3 is 2.56 bits per heavy atom. The highest BCUT2D eigenvalue weighted by Crippen LogP contribution is 2.34. The van der Waals surface area contributed by atoms with Crippen LogP contribution in [0.2, 0.25) is 5.15 Å². The molecule has 1 saturated heterocycles. The average Bonchev–Trinajstić information content (AvgIpc) is 2.89. The molecule has 4 heterocycles. The molecule has 1 aliphatic rings. The lowest BCUT2D eigenvalue weighted by molar-refractivity contribution is 0.0198. The summed E-state index contributed by atoms with van der Waals surface area (Å²) in [6.45, 7) is 7.10. The van der Waals surface area contributed by atoms with Gasteiger partial charge in [-0.2, -0.15) is 8.42 Å². The van der Waals surface area contributed by atoms with E-state index in [4.69, 9.17) is 26.3 Å². The molecule has 1 atom stereocenters. The van der Waals surface area contributed by atoms with E-state index in [1.165, 1.54) is 23.0 Å². The van der Waals surface area contributed by atoms with Crippen LogP contribution in [0.15, 0.2) is 35.6 Å². The van der Waals surface area contributed by atoms with Crippen molar-refractivity contribution in [2.45, 2.75) is 24.9 Å². The second kappa shape index (κ2) is 12.7. The van der Waals surface area contributed by atoms with Crippen LogP contribution in [0.25, 0.3) is 11.3 Å². The number of aryl methyl sites for hydroxylation is 1. The lowest BCUT2D eigenvalue weighted by Gasteiger charge is -2.32. The number of anilines is 3. The van der Waals surface area contributed by atoms with Gasteiger partial charge in [0.25, 0.3) is 0 Å². The predicted octanol–water partition coefficient (Wildman–Crippen LogP) is 3.48. The largest absolute Gasteiger partial charge is 0.379 e. The number of hydrogen-bond acceptors (Lipinski definition) is 11. The molecule has 4 rings (SSSR count). The highest BCUT2D eigenvalue weighted by molar-refractivity contribution is 7.98. The van der Waals surface area contributed by atoms with Crippen molar-refractivity contribution in [2.24, 2.45) is 0 Å². The fraction of sp³-hybridized carbons (Fsp3) is 0.417. The van der Waals surface area contributed by atoms with Crippen LogP contribution in [0.3, 0.4) is 0 Å². The second-order valence-electron chi connectivity index (χ2n) is 9.11. The molecule has 0 spiro atoms. The fourth-order valence-electron chi connectivity index (χ4n) is 4.10. The maximum Gasteiger partial charge on any atom is 0.312 e. The Labute approximate surface area is 238 Å². The molecule has 0 saturated carbocycles. The molecular weight excluding hydrogens is 562 g/mol. The Bertz CT molecular complexity index is 1420. The summed E-state index contributed by atoms with van der Waals surface area (Å²) < 4.78 is 32.7. The molecular formula is C24H32ClN9O3S2. The first kappa shape index (κ1) is 29.4. The first-order chi connectivity index (χ1) is 18.5. The first-order valence-electron chi connectivity index (χ1n) is 12.2. The Hall–Kier alpha value is -2.59. The molecule has 1 unspecified atom stereocenters. The van der Waals surface area contributed by atoms with E-state index in [1.807, 2.05) is 25.4 Å². The van der Waals surface area contributed by atoms with Gasteiger partial charge in [0.1, 0.15) is 16.7 Å². The number of nitrogens with one attached hydrogen (secondary N) is 3. The van der Waals surface area contributed by atoms with Crippen LogP contribution in [-0.2, 0) is 14.9 Å². The minimum Gasteiger partial charge on any atom is -0.379 e. The third kappa shape index (κ3) is 7.75. The van der Waals surface area contributed by atoms with E-state index in [2.05, 4.69) is 42.7 Å². The van der Waals surface area contributed by atoms with Gasteiger partial charge >= 0.3 is 10.2 Å². The zero-order valence-electron chi connectivity index (χ0n) is 22.4. The normalized spacial score (nSPS) is 15.4. The minimum atomic E-state index is -3.91. The van der Waals surface area contributed by atoms with Gasteiger partial charge in [0, 0.05) is 45.0 Å². The number of nitrogens with zero attached hydrogens (tertiary/aromatic N) is 6. The van der Waals surface area contributed by atoms with E-state index in [0.29, 0.717) is 30.5 Å². The van der Waals surface area contributed by atoms with Crippen molar-refractivity contribution in [1.29, 1.82) is 0 Å². The van der Waals surface area contributed by atoms with Crippen LogP contribution in [0.4, 0.5) is 17.2 Å². The molecule has 0 radical (unpaired) electrons. The highest BCUT2D eigenvalue weighted by atomic mass is 35.5. The van der Waals surface area contributed by atoms with Gasteiger partial charge in [0.2, 0.25) is 0 Å². The lowest BCUT2D eigenvalue weighted by Crippen LogP contribution is -2.40. The molecule has 0 amide bonds. The van der Waals surface area contributed by atoms with Crippen LogP contribution >= 0.6 is 23.4 Å². The Balaban J connectivity index is 1.72. The second-order valence-corrected chi connectivity index (χ2v) is 11.7. The van der Waals surface area contributed by atoms with Gasteiger partial charge < -0.3 is 10.1 Å². The van der Waals surface area contributed by atoms with Gasteiger partial charge in [-0.05, 0) is 43.9 Å². The van der Waals surface area contributed by atoms with Crippen LogP contribution < -0.4 is 14.9 Å². The van der Waals surface area contributed by atoms with E-state index in [9.17, 15) is 8.42 Å². The standard InChI is InChI=1S/C24H32ClN9O3S2/c1-15(34-6-8-37-9-7-34)17-10-19(20-12-22(38-5)29-16(2)28-20)24(27-13-17)30-18-11-21(23(25)26-14-18)31-39(35,36)32-33(3)4/h10-15,31-32H,6-9H2,1-5H3,(H,27,30). The van der Waals surface area contributed by atoms with Crippen molar-refractivity contribution in [1.82, 2.24) is 34.7 Å². The summed E-state index contributed by atoms with van der Waals surface area (Å²) in [5.74, 6) is 1.18. The molecule has 3 aromatic rings. The zero-order valence-corrected chi connectivity index (χ0v) is 24.8. The van der Waals surface area contributed by atoms with E-state index in [1.54, 1.807) is 20.2 Å². The third-order valence-corrected chi connectivity index (χ3v) is 7.96. The summed E-state index contributed by atoms with van der Waals surface area (Å²) in [5.41, 5.74) is 3.13. The maximum absolute atomic E-state index is 12.4. The minimum absolute atomic E-state index is 0.00332. The number of aromatic nitrogens is 4. The van der Waals surface area contributed by atoms with Crippen LogP contribution in [0.5, 0.6) is 0 Å². The van der Waals surface area contributed by atoms with Crippen LogP contribution in [0.1, 0.15) is 24.4 Å². The van der Waals surface area contributed by atoms with Crippen molar-refractivity contribution >= 4 is 50.8 Å². The topological polar surface area (TPSA) is 138 Å². The van der Waals surface area contributed by atoms with E-state index in [-0.39, 0.29) is 16.9 Å². The first-order valence-corrected chi connectivity index (χ1v) is 15.2. The van der Waals surface area contributed by atoms with E-state index >= 15 is 0 Å². The van der Waals surface area contributed by atoms with Gasteiger partial charge in [-0.25, -0.2) is 24.9 Å². The van der Waals surface area contributed by atoms with Crippen molar-refractivity contribution in [3.63, 3.8) is 0 Å². The van der Waals surface area contributed by atoms with E-state index in [0.717, 1.165) is 34.9 Å². The number of ether oxygens (including phenoxy) is 1. The monoisotopic (exact) mass is 593 g/mol. The SMILES string of the molecule is CSc1cc(-c2cc(C(C)N3CCOCC3)cnc2Nc2cnc(Cl)c(NS(=O)(=O)NN(C)C)c2)nc(C)n1. The molecule has 15 heteroatoms. The van der Waals surface area contributed by atoms with Gasteiger partial charge in [-0.15, -0.1) is 16.6 Å². The smallest absolute Gasteiger partial charge is 0.312 e. The summed E-state index contributed by atoms with van der Waals surface area (Å²) >= 11 is 7.73. The number of hydrazine groups is 1. The number of thioether (sulfide) groups is 1. The van der Waals surface area contributed by atoms with Crippen molar-refractivity contribution in [2.75, 3.05) is 56.7 Å². The van der Waals surface area contributed by atoms with E-state index < -0.39 is 10.2 Å².